The summed E-state index contributed by atoms with van der Waals surface area (Å²) in [6.45, 7) is 0. The zero-order valence-electron chi connectivity index (χ0n) is 10.5. The smallest absolute Gasteiger partial charge is 0.0593 e. The van der Waals surface area contributed by atoms with Crippen molar-refractivity contribution < 1.29 is 0 Å². The van der Waals surface area contributed by atoms with Crippen molar-refractivity contribution in [1.82, 2.24) is 0 Å². The van der Waals surface area contributed by atoms with E-state index in [4.69, 9.17) is 11.6 Å². The lowest BCUT2D eigenvalue weighted by atomic mass is 9.88. The molecule has 1 unspecified atom stereocenters. The van der Waals surface area contributed by atoms with E-state index in [1.54, 1.807) is 0 Å². The van der Waals surface area contributed by atoms with Crippen molar-refractivity contribution in [1.29, 1.82) is 0 Å². The number of rotatable bonds is 2. The van der Waals surface area contributed by atoms with E-state index in [9.17, 15) is 0 Å². The first kappa shape index (κ1) is 13.0. The van der Waals surface area contributed by atoms with Gasteiger partial charge in [-0.3, -0.25) is 0 Å². The lowest BCUT2D eigenvalue weighted by molar-refractivity contribution is 0.610. The summed E-state index contributed by atoms with van der Waals surface area (Å²) < 4.78 is 0.954. The van der Waals surface area contributed by atoms with Gasteiger partial charge in [-0.1, -0.05) is 41.9 Å². The van der Waals surface area contributed by atoms with E-state index in [0.717, 1.165) is 34.4 Å². The average Bonchev–Trinajstić information content (AvgIpc) is 2.44. The molecule has 2 aromatic rings. The highest BCUT2D eigenvalue weighted by Gasteiger charge is 2.18. The van der Waals surface area contributed by atoms with Gasteiger partial charge < -0.3 is 5.32 Å². The monoisotopic (exact) mass is 335 g/mol. The van der Waals surface area contributed by atoms with Crippen LogP contribution in [-0.2, 0) is 12.8 Å². The second-order valence-corrected chi connectivity index (χ2v) is 6.15. The summed E-state index contributed by atoms with van der Waals surface area (Å²) in [5, 5.41) is 4.35. The summed E-state index contributed by atoms with van der Waals surface area (Å²) in [6, 6.07) is 15.1. The van der Waals surface area contributed by atoms with Crippen LogP contribution in [0.5, 0.6) is 0 Å². The highest BCUT2D eigenvalue weighted by atomic mass is 79.9. The van der Waals surface area contributed by atoms with Gasteiger partial charge >= 0.3 is 0 Å². The molecule has 1 nitrogen and oxygen atoms in total. The Morgan fingerprint density at radius 2 is 1.84 bits per heavy atom. The molecule has 0 heterocycles. The topological polar surface area (TPSA) is 12.0 Å². The van der Waals surface area contributed by atoms with E-state index in [0.29, 0.717) is 6.04 Å². The molecule has 98 valence electrons. The molecular weight excluding hydrogens is 322 g/mol. The van der Waals surface area contributed by atoms with Gasteiger partial charge in [-0.05, 0) is 58.5 Å². The van der Waals surface area contributed by atoms with Gasteiger partial charge in [0.1, 0.15) is 0 Å². The van der Waals surface area contributed by atoms with Crippen LogP contribution in [0.15, 0.2) is 46.9 Å². The Morgan fingerprint density at radius 1 is 1.05 bits per heavy atom. The number of hydrogen-bond acceptors (Lipinski definition) is 1. The molecule has 0 fully saturated rings. The number of anilines is 1. The molecule has 0 saturated carbocycles. The maximum atomic E-state index is 6.13. The summed E-state index contributed by atoms with van der Waals surface area (Å²) >= 11 is 9.67. The van der Waals surface area contributed by atoms with Crippen molar-refractivity contribution in [3.63, 3.8) is 0 Å². The summed E-state index contributed by atoms with van der Waals surface area (Å²) in [7, 11) is 0. The zero-order valence-corrected chi connectivity index (χ0v) is 12.8. The minimum Gasteiger partial charge on any atom is -0.381 e. The van der Waals surface area contributed by atoms with E-state index in [1.807, 2.05) is 12.1 Å². The average molecular weight is 337 g/mol. The Hall–Kier alpha value is -0.990. The molecule has 0 radical (unpaired) electrons. The minimum atomic E-state index is 0.477. The second kappa shape index (κ2) is 5.56. The van der Waals surface area contributed by atoms with Crippen molar-refractivity contribution in [3.05, 3.63) is 63.1 Å². The summed E-state index contributed by atoms with van der Waals surface area (Å²) in [5.74, 6) is 0. The lowest BCUT2D eigenvalue weighted by Gasteiger charge is -2.27. The van der Waals surface area contributed by atoms with Crippen molar-refractivity contribution in [2.45, 2.75) is 25.3 Å². The van der Waals surface area contributed by atoms with Gasteiger partial charge in [0, 0.05) is 6.04 Å². The maximum absolute atomic E-state index is 6.13. The molecule has 1 N–H and O–H groups in total. The van der Waals surface area contributed by atoms with Crippen LogP contribution in [0, 0.1) is 0 Å². The van der Waals surface area contributed by atoms with Crippen LogP contribution in [0.25, 0.3) is 0 Å². The van der Waals surface area contributed by atoms with E-state index in [2.05, 4.69) is 51.6 Å². The lowest BCUT2D eigenvalue weighted by Crippen LogP contribution is -2.27. The SMILES string of the molecule is Clc1cccc(NC2CCc3ccccc3C2)c1Br. The second-order valence-electron chi connectivity index (χ2n) is 4.95. The van der Waals surface area contributed by atoms with Gasteiger partial charge in [-0.2, -0.15) is 0 Å². The Balaban J connectivity index is 1.77. The molecule has 3 rings (SSSR count). The molecule has 0 bridgehead atoms. The first-order valence-corrected chi connectivity index (χ1v) is 7.68. The predicted octanol–water partition coefficient (Wildman–Crippen LogP) is 5.07. The molecule has 2 aromatic carbocycles. The fraction of sp³-hybridized carbons (Fsp3) is 0.250. The number of fused-ring (bicyclic) bond motifs is 1. The first-order valence-electron chi connectivity index (χ1n) is 6.51. The van der Waals surface area contributed by atoms with Gasteiger partial charge in [0.2, 0.25) is 0 Å². The molecule has 1 aliphatic carbocycles. The van der Waals surface area contributed by atoms with E-state index >= 15 is 0 Å². The quantitative estimate of drug-likeness (QED) is 0.807. The van der Waals surface area contributed by atoms with Crippen molar-refractivity contribution >= 4 is 33.2 Å². The third-order valence-electron chi connectivity index (χ3n) is 3.66. The van der Waals surface area contributed by atoms with E-state index in [1.165, 1.54) is 11.1 Å². The van der Waals surface area contributed by atoms with Gasteiger partial charge in [0.05, 0.1) is 15.2 Å². The minimum absolute atomic E-state index is 0.477. The number of hydrogen-bond donors (Lipinski definition) is 1. The summed E-state index contributed by atoms with van der Waals surface area (Å²) in [4.78, 5) is 0. The Bertz CT molecular complexity index is 597. The molecule has 1 atom stereocenters. The van der Waals surface area contributed by atoms with E-state index in [-0.39, 0.29) is 0 Å². The summed E-state index contributed by atoms with van der Waals surface area (Å²) in [6.07, 6.45) is 3.39. The van der Waals surface area contributed by atoms with Crippen LogP contribution in [0.3, 0.4) is 0 Å². The highest BCUT2D eigenvalue weighted by Crippen LogP contribution is 2.32. The van der Waals surface area contributed by atoms with Crippen molar-refractivity contribution in [2.75, 3.05) is 5.32 Å². The largest absolute Gasteiger partial charge is 0.381 e. The molecule has 0 saturated heterocycles. The van der Waals surface area contributed by atoms with Crippen LogP contribution < -0.4 is 5.32 Å². The number of benzene rings is 2. The van der Waals surface area contributed by atoms with Gasteiger partial charge in [-0.15, -0.1) is 0 Å². The van der Waals surface area contributed by atoms with Crippen LogP contribution in [0.2, 0.25) is 5.02 Å². The molecule has 0 aliphatic heterocycles. The molecule has 0 aromatic heterocycles. The Labute approximate surface area is 127 Å². The Morgan fingerprint density at radius 3 is 2.68 bits per heavy atom. The van der Waals surface area contributed by atoms with E-state index < -0.39 is 0 Å². The zero-order chi connectivity index (χ0) is 13.2. The Kier molecular flexibility index (Phi) is 3.81. The highest BCUT2D eigenvalue weighted by molar-refractivity contribution is 9.10. The van der Waals surface area contributed by atoms with Crippen LogP contribution in [-0.4, -0.2) is 6.04 Å². The van der Waals surface area contributed by atoms with Crippen LogP contribution in [0.1, 0.15) is 17.5 Å². The van der Waals surface area contributed by atoms with Crippen molar-refractivity contribution in [3.8, 4) is 0 Å². The molecular formula is C16H15BrClN. The van der Waals surface area contributed by atoms with Crippen LogP contribution in [0.4, 0.5) is 5.69 Å². The predicted molar refractivity (Wildman–Crippen MR) is 85.0 cm³/mol. The number of nitrogens with one attached hydrogen (secondary N) is 1. The molecule has 1 aliphatic rings. The third-order valence-corrected chi connectivity index (χ3v) is 5.06. The van der Waals surface area contributed by atoms with Gasteiger partial charge in [0.25, 0.3) is 0 Å². The molecule has 3 heteroatoms. The summed E-state index contributed by atoms with van der Waals surface area (Å²) in [5.41, 5.74) is 4.03. The standard InChI is InChI=1S/C16H15BrClN/c17-16-14(18)6-3-7-15(16)19-13-9-8-11-4-1-2-5-12(11)10-13/h1-7,13,19H,8-10H2. The van der Waals surface area contributed by atoms with Gasteiger partial charge in [-0.25, -0.2) is 0 Å². The number of halogens is 2. The normalized spacial score (nSPS) is 17.9. The fourth-order valence-electron chi connectivity index (χ4n) is 2.66. The number of aryl methyl sites for hydroxylation is 1. The third kappa shape index (κ3) is 2.80. The molecule has 19 heavy (non-hydrogen) atoms. The van der Waals surface area contributed by atoms with Gasteiger partial charge in [0.15, 0.2) is 0 Å². The maximum Gasteiger partial charge on any atom is 0.0593 e. The molecule has 0 amide bonds. The fourth-order valence-corrected chi connectivity index (χ4v) is 3.21. The first-order chi connectivity index (χ1) is 9.24. The van der Waals surface area contributed by atoms with Crippen molar-refractivity contribution in [2.24, 2.45) is 0 Å². The molecule has 0 spiro atoms. The van der Waals surface area contributed by atoms with Crippen LogP contribution >= 0.6 is 27.5 Å².